The van der Waals surface area contributed by atoms with Crippen molar-refractivity contribution in [1.82, 2.24) is 5.32 Å². The molecule has 0 unspecified atom stereocenters. The summed E-state index contributed by atoms with van der Waals surface area (Å²) in [5.41, 5.74) is 2.60. The molecule has 1 N–H and O–H groups in total. The summed E-state index contributed by atoms with van der Waals surface area (Å²) in [6, 6.07) is 4.36. The summed E-state index contributed by atoms with van der Waals surface area (Å²) in [7, 11) is 1.77. The fraction of sp³-hybridized carbons (Fsp3) is 0.600. The number of fused-ring (bicyclic) bond motifs is 1. The molecule has 3 rings (SSSR count). The molecule has 18 heavy (non-hydrogen) atoms. The molecule has 0 amide bonds. The third-order valence-electron chi connectivity index (χ3n) is 4.06. The van der Waals surface area contributed by atoms with Crippen LogP contribution in [0.5, 0.6) is 11.5 Å². The summed E-state index contributed by atoms with van der Waals surface area (Å²) in [5, 5.41) is 3.41. The van der Waals surface area contributed by atoms with Gasteiger partial charge in [0, 0.05) is 12.0 Å². The van der Waals surface area contributed by atoms with Gasteiger partial charge < -0.3 is 14.8 Å². The summed E-state index contributed by atoms with van der Waals surface area (Å²) in [6.45, 7) is 3.11. The van der Waals surface area contributed by atoms with Crippen LogP contribution in [0.1, 0.15) is 24.0 Å². The minimum atomic E-state index is 0.777. The van der Waals surface area contributed by atoms with E-state index >= 15 is 0 Å². The first kappa shape index (κ1) is 11.8. The first-order valence-corrected chi connectivity index (χ1v) is 6.90. The molecule has 0 aromatic heterocycles. The van der Waals surface area contributed by atoms with Gasteiger partial charge in [-0.05, 0) is 56.0 Å². The number of hydrogen-bond acceptors (Lipinski definition) is 3. The van der Waals surface area contributed by atoms with Crippen LogP contribution in [0.4, 0.5) is 0 Å². The lowest BCUT2D eigenvalue weighted by molar-refractivity contribution is 0.350. The van der Waals surface area contributed by atoms with E-state index in [9.17, 15) is 0 Å². The Morgan fingerprint density at radius 3 is 2.94 bits per heavy atom. The van der Waals surface area contributed by atoms with Crippen molar-refractivity contribution in [3.05, 3.63) is 23.3 Å². The fourth-order valence-electron chi connectivity index (χ4n) is 2.99. The lowest BCUT2D eigenvalue weighted by Crippen LogP contribution is -2.28. The molecule has 2 heterocycles. The van der Waals surface area contributed by atoms with Crippen LogP contribution in [0.15, 0.2) is 12.1 Å². The van der Waals surface area contributed by atoms with Crippen LogP contribution >= 0.6 is 0 Å². The first-order valence-electron chi connectivity index (χ1n) is 6.90. The topological polar surface area (TPSA) is 30.5 Å². The highest BCUT2D eigenvalue weighted by Crippen LogP contribution is 2.34. The lowest BCUT2D eigenvalue weighted by Gasteiger charge is -2.23. The second-order valence-corrected chi connectivity index (χ2v) is 5.27. The molecule has 1 saturated heterocycles. The smallest absolute Gasteiger partial charge is 0.123 e. The maximum absolute atomic E-state index is 5.66. The standard InChI is InChI=1S/C15H21NO2/c1-17-14-9-12-4-7-18-15(12)10-13(14)8-11-2-5-16-6-3-11/h9-11,16H,2-8H2,1H3. The first-order chi connectivity index (χ1) is 8.86. The van der Waals surface area contributed by atoms with Gasteiger partial charge in [-0.3, -0.25) is 0 Å². The molecule has 0 aliphatic carbocycles. The molecule has 1 fully saturated rings. The SMILES string of the molecule is COc1cc2c(cc1CC1CCNCC1)OCC2. The van der Waals surface area contributed by atoms with Crippen LogP contribution in [0.25, 0.3) is 0 Å². The van der Waals surface area contributed by atoms with Crippen molar-refractivity contribution in [3.8, 4) is 11.5 Å². The second-order valence-electron chi connectivity index (χ2n) is 5.27. The Bertz CT molecular complexity index is 425. The average Bonchev–Trinajstić information content (AvgIpc) is 2.86. The van der Waals surface area contributed by atoms with Crippen molar-refractivity contribution in [2.24, 2.45) is 5.92 Å². The Morgan fingerprint density at radius 2 is 2.17 bits per heavy atom. The minimum Gasteiger partial charge on any atom is -0.496 e. The van der Waals surface area contributed by atoms with E-state index in [0.717, 1.165) is 50.0 Å². The Balaban J connectivity index is 1.81. The van der Waals surface area contributed by atoms with E-state index in [0.29, 0.717) is 0 Å². The van der Waals surface area contributed by atoms with E-state index in [1.165, 1.54) is 24.0 Å². The highest BCUT2D eigenvalue weighted by Gasteiger charge is 2.20. The molecule has 2 aliphatic heterocycles. The van der Waals surface area contributed by atoms with E-state index in [-0.39, 0.29) is 0 Å². The molecule has 3 nitrogen and oxygen atoms in total. The molecule has 0 spiro atoms. The van der Waals surface area contributed by atoms with Gasteiger partial charge in [0.1, 0.15) is 11.5 Å². The molecule has 0 radical (unpaired) electrons. The predicted molar refractivity (Wildman–Crippen MR) is 71.5 cm³/mol. The van der Waals surface area contributed by atoms with Gasteiger partial charge in [-0.2, -0.15) is 0 Å². The van der Waals surface area contributed by atoms with Crippen LogP contribution < -0.4 is 14.8 Å². The van der Waals surface area contributed by atoms with Crippen LogP contribution in [-0.4, -0.2) is 26.8 Å². The number of rotatable bonds is 3. The van der Waals surface area contributed by atoms with E-state index in [1.807, 2.05) is 0 Å². The van der Waals surface area contributed by atoms with Crippen LogP contribution in [0, 0.1) is 5.92 Å². The molecule has 0 atom stereocenters. The van der Waals surface area contributed by atoms with E-state index < -0.39 is 0 Å². The van der Waals surface area contributed by atoms with Crippen molar-refractivity contribution in [1.29, 1.82) is 0 Å². The van der Waals surface area contributed by atoms with Gasteiger partial charge in [0.2, 0.25) is 0 Å². The van der Waals surface area contributed by atoms with Crippen LogP contribution in [-0.2, 0) is 12.8 Å². The van der Waals surface area contributed by atoms with Gasteiger partial charge in [0.15, 0.2) is 0 Å². The number of hydrogen-bond donors (Lipinski definition) is 1. The predicted octanol–water partition coefficient (Wildman–Crippen LogP) is 2.17. The third kappa shape index (κ3) is 2.32. The summed E-state index contributed by atoms with van der Waals surface area (Å²) < 4.78 is 11.2. The van der Waals surface area contributed by atoms with E-state index in [4.69, 9.17) is 9.47 Å². The Morgan fingerprint density at radius 1 is 1.33 bits per heavy atom. The van der Waals surface area contributed by atoms with Crippen molar-refractivity contribution in [2.75, 3.05) is 26.8 Å². The third-order valence-corrected chi connectivity index (χ3v) is 4.06. The van der Waals surface area contributed by atoms with Crippen molar-refractivity contribution in [2.45, 2.75) is 25.7 Å². The summed E-state index contributed by atoms with van der Waals surface area (Å²) in [4.78, 5) is 0. The molecular weight excluding hydrogens is 226 g/mol. The molecule has 3 heteroatoms. The normalized spacial score (nSPS) is 19.4. The molecular formula is C15H21NO2. The molecule has 1 aromatic carbocycles. The maximum atomic E-state index is 5.66. The van der Waals surface area contributed by atoms with Gasteiger partial charge in [0.05, 0.1) is 13.7 Å². The highest BCUT2D eigenvalue weighted by atomic mass is 16.5. The number of ether oxygens (including phenoxy) is 2. The van der Waals surface area contributed by atoms with Gasteiger partial charge >= 0.3 is 0 Å². The van der Waals surface area contributed by atoms with E-state index in [1.54, 1.807) is 7.11 Å². The highest BCUT2D eigenvalue weighted by molar-refractivity contribution is 5.48. The number of benzene rings is 1. The molecule has 0 saturated carbocycles. The van der Waals surface area contributed by atoms with Gasteiger partial charge in [-0.1, -0.05) is 0 Å². The number of piperidine rings is 1. The van der Waals surface area contributed by atoms with E-state index in [2.05, 4.69) is 17.4 Å². The zero-order valence-electron chi connectivity index (χ0n) is 11.0. The second kappa shape index (κ2) is 5.19. The van der Waals surface area contributed by atoms with Crippen LogP contribution in [0.3, 0.4) is 0 Å². The van der Waals surface area contributed by atoms with Gasteiger partial charge in [-0.15, -0.1) is 0 Å². The zero-order valence-corrected chi connectivity index (χ0v) is 11.0. The molecule has 0 bridgehead atoms. The quantitative estimate of drug-likeness (QED) is 0.888. The minimum absolute atomic E-state index is 0.777. The summed E-state index contributed by atoms with van der Waals surface area (Å²) in [5.74, 6) is 2.89. The Hall–Kier alpha value is -1.22. The Kier molecular flexibility index (Phi) is 3.41. The summed E-state index contributed by atoms with van der Waals surface area (Å²) in [6.07, 6.45) is 4.66. The number of methoxy groups -OCH3 is 1. The Labute approximate surface area is 108 Å². The zero-order chi connectivity index (χ0) is 12.4. The van der Waals surface area contributed by atoms with Gasteiger partial charge in [0.25, 0.3) is 0 Å². The lowest BCUT2D eigenvalue weighted by atomic mass is 9.90. The molecule has 98 valence electrons. The largest absolute Gasteiger partial charge is 0.496 e. The van der Waals surface area contributed by atoms with Crippen molar-refractivity contribution < 1.29 is 9.47 Å². The van der Waals surface area contributed by atoms with Crippen molar-refractivity contribution in [3.63, 3.8) is 0 Å². The number of nitrogens with one attached hydrogen (secondary N) is 1. The van der Waals surface area contributed by atoms with Crippen LogP contribution in [0.2, 0.25) is 0 Å². The van der Waals surface area contributed by atoms with Gasteiger partial charge in [-0.25, -0.2) is 0 Å². The fourth-order valence-corrected chi connectivity index (χ4v) is 2.99. The average molecular weight is 247 g/mol. The monoisotopic (exact) mass is 247 g/mol. The molecule has 2 aliphatic rings. The molecule has 1 aromatic rings. The van der Waals surface area contributed by atoms with Crippen molar-refractivity contribution >= 4 is 0 Å². The summed E-state index contributed by atoms with van der Waals surface area (Å²) >= 11 is 0. The maximum Gasteiger partial charge on any atom is 0.123 e.